The standard InChI is InChI=1S/C12H10N2O6/c15-11(5-20-6-12(16)17)9-4-13-10-2-1-7(14(18)19)3-8(9)10/h1-4,13H,5-6H2,(H,16,17). The number of ether oxygens (including phenoxy) is 1. The van der Waals surface area contributed by atoms with Crippen LogP contribution < -0.4 is 0 Å². The maximum absolute atomic E-state index is 11.9. The highest BCUT2D eigenvalue weighted by Crippen LogP contribution is 2.24. The zero-order valence-electron chi connectivity index (χ0n) is 10.2. The van der Waals surface area contributed by atoms with Crippen molar-refractivity contribution in [3.63, 3.8) is 0 Å². The number of fused-ring (bicyclic) bond motifs is 1. The van der Waals surface area contributed by atoms with Crippen LogP contribution in [-0.4, -0.2) is 40.0 Å². The van der Waals surface area contributed by atoms with E-state index in [0.29, 0.717) is 10.9 Å². The number of nitro benzene ring substituents is 1. The number of aliphatic carboxylic acids is 1. The predicted octanol–water partition coefficient (Wildman–Crippen LogP) is 1.36. The van der Waals surface area contributed by atoms with Crippen LogP contribution in [0.3, 0.4) is 0 Å². The molecule has 0 aliphatic heterocycles. The van der Waals surface area contributed by atoms with Crippen LogP contribution in [0, 0.1) is 10.1 Å². The Labute approximate surface area is 112 Å². The van der Waals surface area contributed by atoms with Gasteiger partial charge in [-0.15, -0.1) is 0 Å². The van der Waals surface area contributed by atoms with Gasteiger partial charge in [-0.3, -0.25) is 14.9 Å². The highest BCUT2D eigenvalue weighted by atomic mass is 16.6. The molecule has 104 valence electrons. The zero-order chi connectivity index (χ0) is 14.7. The number of aromatic amines is 1. The number of non-ortho nitro benzene ring substituents is 1. The number of hydrogen-bond donors (Lipinski definition) is 2. The average molecular weight is 278 g/mol. The third-order valence-corrected chi connectivity index (χ3v) is 2.64. The summed E-state index contributed by atoms with van der Waals surface area (Å²) in [6, 6.07) is 4.12. The SMILES string of the molecule is O=C(O)COCC(=O)c1c[nH]c2ccc([N+](=O)[O-])cc12. The number of aromatic nitrogens is 1. The maximum atomic E-state index is 11.9. The van der Waals surface area contributed by atoms with Gasteiger partial charge in [-0.05, 0) is 6.07 Å². The van der Waals surface area contributed by atoms with E-state index in [1.807, 2.05) is 0 Å². The van der Waals surface area contributed by atoms with E-state index in [2.05, 4.69) is 4.98 Å². The van der Waals surface area contributed by atoms with Crippen LogP contribution >= 0.6 is 0 Å². The molecule has 1 aromatic carbocycles. The molecule has 0 saturated carbocycles. The van der Waals surface area contributed by atoms with E-state index in [0.717, 1.165) is 0 Å². The average Bonchev–Trinajstić information content (AvgIpc) is 2.80. The molecule has 0 fully saturated rings. The fourth-order valence-electron chi connectivity index (χ4n) is 1.76. The normalized spacial score (nSPS) is 10.6. The van der Waals surface area contributed by atoms with Crippen LogP contribution in [-0.2, 0) is 9.53 Å². The van der Waals surface area contributed by atoms with Gasteiger partial charge in [-0.2, -0.15) is 0 Å². The summed E-state index contributed by atoms with van der Waals surface area (Å²) in [6.45, 7) is -0.976. The van der Waals surface area contributed by atoms with Crippen molar-refractivity contribution in [2.45, 2.75) is 0 Å². The van der Waals surface area contributed by atoms with E-state index in [4.69, 9.17) is 9.84 Å². The topological polar surface area (TPSA) is 123 Å². The number of rotatable bonds is 6. The van der Waals surface area contributed by atoms with Crippen molar-refractivity contribution in [2.75, 3.05) is 13.2 Å². The Bertz CT molecular complexity index is 690. The second-order valence-corrected chi connectivity index (χ2v) is 4.00. The summed E-state index contributed by atoms with van der Waals surface area (Å²) >= 11 is 0. The summed E-state index contributed by atoms with van der Waals surface area (Å²) in [5, 5.41) is 19.5. The van der Waals surface area contributed by atoms with Crippen LogP contribution in [0.2, 0.25) is 0 Å². The third-order valence-electron chi connectivity index (χ3n) is 2.64. The van der Waals surface area contributed by atoms with Gasteiger partial charge in [0, 0.05) is 34.8 Å². The zero-order valence-corrected chi connectivity index (χ0v) is 10.2. The number of hydrogen-bond acceptors (Lipinski definition) is 5. The minimum Gasteiger partial charge on any atom is -0.480 e. The van der Waals surface area contributed by atoms with Crippen LogP contribution in [0.4, 0.5) is 5.69 Å². The van der Waals surface area contributed by atoms with Crippen molar-refractivity contribution in [2.24, 2.45) is 0 Å². The second kappa shape index (κ2) is 5.49. The quantitative estimate of drug-likeness (QED) is 0.467. The van der Waals surface area contributed by atoms with Gasteiger partial charge in [0.05, 0.1) is 4.92 Å². The summed E-state index contributed by atoms with van der Waals surface area (Å²) < 4.78 is 4.71. The first-order chi connectivity index (χ1) is 9.49. The summed E-state index contributed by atoms with van der Waals surface area (Å²) in [5.74, 6) is -1.62. The van der Waals surface area contributed by atoms with E-state index in [-0.39, 0.29) is 11.3 Å². The molecule has 2 aromatic rings. The van der Waals surface area contributed by atoms with Crippen LogP contribution in [0.1, 0.15) is 10.4 Å². The number of nitro groups is 1. The van der Waals surface area contributed by atoms with Gasteiger partial charge >= 0.3 is 5.97 Å². The van der Waals surface area contributed by atoms with Crippen molar-refractivity contribution in [1.29, 1.82) is 0 Å². The number of carbonyl (C=O) groups excluding carboxylic acids is 1. The Morgan fingerprint density at radius 3 is 2.75 bits per heavy atom. The number of H-pyrrole nitrogens is 1. The lowest BCUT2D eigenvalue weighted by Gasteiger charge is -2.00. The van der Waals surface area contributed by atoms with Gasteiger partial charge in [0.1, 0.15) is 13.2 Å². The van der Waals surface area contributed by atoms with Crippen LogP contribution in [0.25, 0.3) is 10.9 Å². The Balaban J connectivity index is 2.25. The van der Waals surface area contributed by atoms with Crippen molar-refractivity contribution in [1.82, 2.24) is 4.98 Å². The van der Waals surface area contributed by atoms with Gasteiger partial charge in [0.2, 0.25) is 0 Å². The Morgan fingerprint density at radius 1 is 1.35 bits per heavy atom. The lowest BCUT2D eigenvalue weighted by Crippen LogP contribution is -2.14. The smallest absolute Gasteiger partial charge is 0.329 e. The molecular formula is C12H10N2O6. The van der Waals surface area contributed by atoms with Crippen LogP contribution in [0.5, 0.6) is 0 Å². The number of carboxylic acids is 1. The maximum Gasteiger partial charge on any atom is 0.329 e. The minimum atomic E-state index is -1.17. The molecule has 0 amide bonds. The van der Waals surface area contributed by atoms with Gasteiger partial charge in [0.15, 0.2) is 5.78 Å². The summed E-state index contributed by atoms with van der Waals surface area (Å²) in [5.41, 5.74) is 0.684. The molecule has 8 nitrogen and oxygen atoms in total. The molecular weight excluding hydrogens is 268 g/mol. The fourth-order valence-corrected chi connectivity index (χ4v) is 1.76. The van der Waals surface area contributed by atoms with E-state index >= 15 is 0 Å². The molecule has 2 rings (SSSR count). The summed E-state index contributed by atoms with van der Waals surface area (Å²) in [7, 11) is 0. The molecule has 8 heteroatoms. The molecule has 0 spiro atoms. The van der Waals surface area contributed by atoms with Gasteiger partial charge in [0.25, 0.3) is 5.69 Å². The second-order valence-electron chi connectivity index (χ2n) is 4.00. The van der Waals surface area contributed by atoms with Gasteiger partial charge in [-0.25, -0.2) is 4.79 Å². The molecule has 0 aliphatic carbocycles. The molecule has 1 heterocycles. The number of benzene rings is 1. The minimum absolute atomic E-state index is 0.127. The molecule has 0 atom stereocenters. The summed E-state index contributed by atoms with van der Waals surface area (Å²) in [4.78, 5) is 35.1. The molecule has 0 unspecified atom stereocenters. The lowest BCUT2D eigenvalue weighted by atomic mass is 10.1. The van der Waals surface area contributed by atoms with Gasteiger partial charge in [-0.1, -0.05) is 0 Å². The van der Waals surface area contributed by atoms with Crippen molar-refractivity contribution < 1.29 is 24.4 Å². The number of carboxylic acid groups (broad SMARTS) is 1. The first kappa shape index (κ1) is 13.7. The highest BCUT2D eigenvalue weighted by molar-refractivity contribution is 6.08. The molecule has 0 radical (unpaired) electrons. The molecule has 0 aliphatic rings. The van der Waals surface area contributed by atoms with Crippen molar-refractivity contribution in [3.05, 3.63) is 40.1 Å². The monoisotopic (exact) mass is 278 g/mol. The lowest BCUT2D eigenvalue weighted by molar-refractivity contribution is -0.384. The molecule has 0 bridgehead atoms. The van der Waals surface area contributed by atoms with Crippen molar-refractivity contribution in [3.8, 4) is 0 Å². The predicted molar refractivity (Wildman–Crippen MR) is 67.7 cm³/mol. The Hall–Kier alpha value is -2.74. The molecule has 1 aromatic heterocycles. The number of carbonyl (C=O) groups is 2. The number of nitrogens with one attached hydrogen (secondary N) is 1. The van der Waals surface area contributed by atoms with E-state index in [1.165, 1.54) is 24.4 Å². The van der Waals surface area contributed by atoms with Gasteiger partial charge < -0.3 is 14.8 Å². The Morgan fingerprint density at radius 2 is 2.10 bits per heavy atom. The fraction of sp³-hybridized carbons (Fsp3) is 0.167. The third kappa shape index (κ3) is 2.81. The van der Waals surface area contributed by atoms with E-state index in [1.54, 1.807) is 0 Å². The van der Waals surface area contributed by atoms with Crippen LogP contribution in [0.15, 0.2) is 24.4 Å². The summed E-state index contributed by atoms with van der Waals surface area (Å²) in [6.07, 6.45) is 1.42. The van der Waals surface area contributed by atoms with E-state index in [9.17, 15) is 19.7 Å². The largest absolute Gasteiger partial charge is 0.480 e. The molecule has 20 heavy (non-hydrogen) atoms. The molecule has 2 N–H and O–H groups in total. The first-order valence-electron chi connectivity index (χ1n) is 5.57. The molecule has 0 saturated heterocycles. The number of nitrogens with zero attached hydrogens (tertiary/aromatic N) is 1. The van der Waals surface area contributed by atoms with E-state index < -0.39 is 29.9 Å². The number of ketones is 1. The Kier molecular flexibility index (Phi) is 3.76. The van der Waals surface area contributed by atoms with Crippen molar-refractivity contribution >= 4 is 28.3 Å². The number of Topliss-reactive ketones (excluding diaryl/α,β-unsaturated/α-hetero) is 1. The first-order valence-corrected chi connectivity index (χ1v) is 5.57. The highest BCUT2D eigenvalue weighted by Gasteiger charge is 2.15.